The van der Waals surface area contributed by atoms with Crippen LogP contribution in [-0.2, 0) is 9.53 Å². The van der Waals surface area contributed by atoms with Crippen LogP contribution in [0.1, 0.15) is 22.8 Å². The second-order valence-electron chi connectivity index (χ2n) is 5.02. The summed E-state index contributed by atoms with van der Waals surface area (Å²) in [6.45, 7) is 5.39. The first kappa shape index (κ1) is 19.7. The summed E-state index contributed by atoms with van der Waals surface area (Å²) in [7, 11) is 2.80. The summed E-state index contributed by atoms with van der Waals surface area (Å²) in [4.78, 5) is 31.7. The topological polar surface area (TPSA) is 117 Å². The van der Waals surface area contributed by atoms with Gasteiger partial charge in [-0.05, 0) is 13.0 Å². The van der Waals surface area contributed by atoms with Crippen molar-refractivity contribution >= 4 is 17.5 Å². The van der Waals surface area contributed by atoms with Gasteiger partial charge in [0.25, 0.3) is 0 Å². The van der Waals surface area contributed by atoms with Gasteiger partial charge in [0, 0.05) is 5.56 Å². The summed E-state index contributed by atoms with van der Waals surface area (Å²) in [5.41, 5.74) is -0.321. The zero-order valence-electron chi connectivity index (χ0n) is 15.0. The third kappa shape index (κ3) is 4.51. The number of carbonyl (C=O) groups is 2. The predicted molar refractivity (Wildman–Crippen MR) is 94.3 cm³/mol. The molecule has 0 atom stereocenters. The highest BCUT2D eigenvalue weighted by atomic mass is 16.5. The van der Waals surface area contributed by atoms with E-state index in [-0.39, 0.29) is 46.8 Å². The van der Waals surface area contributed by atoms with Gasteiger partial charge in [-0.1, -0.05) is 18.7 Å². The first-order chi connectivity index (χ1) is 12.9. The third-order valence-electron chi connectivity index (χ3n) is 3.37. The lowest BCUT2D eigenvalue weighted by Gasteiger charge is -2.13. The molecule has 0 radical (unpaired) electrons. The van der Waals surface area contributed by atoms with E-state index in [9.17, 15) is 14.7 Å². The number of carboxylic acid groups (broad SMARTS) is 1. The minimum Gasteiger partial charge on any atom is -0.481 e. The number of aromatic nitrogens is 2. The fraction of sp³-hybridized carbons (Fsp3) is 0.222. The Morgan fingerprint density at radius 3 is 2.30 bits per heavy atom. The van der Waals surface area contributed by atoms with Gasteiger partial charge < -0.3 is 24.1 Å². The molecule has 1 heterocycles. The molecule has 0 unspecified atom stereocenters. The van der Waals surface area contributed by atoms with Crippen LogP contribution in [0, 0.1) is 0 Å². The number of methoxy groups -OCH3 is 2. The molecule has 0 amide bonds. The van der Waals surface area contributed by atoms with Crippen LogP contribution in [0.15, 0.2) is 30.8 Å². The molecule has 1 aromatic heterocycles. The van der Waals surface area contributed by atoms with Crippen molar-refractivity contribution in [3.8, 4) is 23.5 Å². The van der Waals surface area contributed by atoms with Crippen LogP contribution >= 0.6 is 0 Å². The molecular weight excluding hydrogens is 356 g/mol. The van der Waals surface area contributed by atoms with Crippen molar-refractivity contribution in [2.45, 2.75) is 6.92 Å². The Hall–Kier alpha value is -3.62. The van der Waals surface area contributed by atoms with Crippen molar-refractivity contribution in [2.24, 2.45) is 0 Å². The molecule has 27 heavy (non-hydrogen) atoms. The number of benzene rings is 1. The molecule has 0 saturated carbocycles. The van der Waals surface area contributed by atoms with Crippen LogP contribution in [0.2, 0.25) is 0 Å². The Morgan fingerprint density at radius 1 is 1.15 bits per heavy atom. The molecule has 0 saturated heterocycles. The first-order valence-corrected chi connectivity index (χ1v) is 7.78. The van der Waals surface area contributed by atoms with Crippen LogP contribution in [0.3, 0.4) is 0 Å². The second kappa shape index (κ2) is 8.65. The zero-order valence-corrected chi connectivity index (χ0v) is 15.0. The van der Waals surface area contributed by atoms with E-state index in [0.717, 1.165) is 0 Å². The van der Waals surface area contributed by atoms with E-state index in [1.807, 2.05) is 0 Å². The van der Waals surface area contributed by atoms with Gasteiger partial charge in [-0.2, -0.15) is 9.97 Å². The Labute approximate surface area is 155 Å². The summed E-state index contributed by atoms with van der Waals surface area (Å²) >= 11 is 0. The maximum atomic E-state index is 11.9. The van der Waals surface area contributed by atoms with E-state index >= 15 is 0 Å². The smallest absolute Gasteiger partial charge is 0.340 e. The summed E-state index contributed by atoms with van der Waals surface area (Å²) in [6.07, 6.45) is 0. The van der Waals surface area contributed by atoms with Crippen molar-refractivity contribution in [3.05, 3.63) is 42.0 Å². The third-order valence-corrected chi connectivity index (χ3v) is 3.37. The van der Waals surface area contributed by atoms with Gasteiger partial charge in [0.05, 0.1) is 32.5 Å². The van der Waals surface area contributed by atoms with Crippen LogP contribution in [0.4, 0.5) is 0 Å². The molecule has 0 aliphatic carbocycles. The quantitative estimate of drug-likeness (QED) is 0.549. The minimum absolute atomic E-state index is 0.0633. The van der Waals surface area contributed by atoms with Crippen LogP contribution < -0.4 is 14.2 Å². The highest BCUT2D eigenvalue weighted by molar-refractivity contribution is 6.18. The monoisotopic (exact) mass is 374 g/mol. The fourth-order valence-corrected chi connectivity index (χ4v) is 2.15. The SMILES string of the molecule is C=C(C(=O)OCC)c1cccc(Oc2nc(OC)cc(OC)n2)c1C(=O)O. The van der Waals surface area contributed by atoms with Crippen LogP contribution in [0.25, 0.3) is 5.57 Å². The van der Waals surface area contributed by atoms with E-state index in [1.165, 1.54) is 38.5 Å². The molecule has 9 heteroatoms. The maximum absolute atomic E-state index is 11.9. The van der Waals surface area contributed by atoms with Gasteiger partial charge in [0.15, 0.2) is 0 Å². The fourth-order valence-electron chi connectivity index (χ4n) is 2.15. The standard InChI is InChI=1S/C18H18N2O7/c1-5-26-17(23)10(2)11-7-6-8-12(15(11)16(21)22)27-18-19-13(24-3)9-14(20-18)25-4/h6-9H,2,5H2,1,3-4H3,(H,21,22). The number of nitrogens with zero attached hydrogens (tertiary/aromatic N) is 2. The van der Waals surface area contributed by atoms with E-state index < -0.39 is 11.9 Å². The van der Waals surface area contributed by atoms with Gasteiger partial charge in [-0.15, -0.1) is 0 Å². The number of hydrogen-bond acceptors (Lipinski definition) is 8. The molecule has 0 fully saturated rings. The van der Waals surface area contributed by atoms with E-state index in [2.05, 4.69) is 16.5 Å². The molecule has 142 valence electrons. The largest absolute Gasteiger partial charge is 0.481 e. The molecule has 2 rings (SSSR count). The zero-order chi connectivity index (χ0) is 20.0. The second-order valence-corrected chi connectivity index (χ2v) is 5.02. The Balaban J connectivity index is 2.49. The molecular formula is C18H18N2O7. The average Bonchev–Trinajstić information content (AvgIpc) is 2.66. The molecule has 2 aromatic rings. The summed E-state index contributed by atoms with van der Waals surface area (Å²) in [5, 5.41) is 9.62. The highest BCUT2D eigenvalue weighted by Gasteiger charge is 2.23. The Bertz CT molecular complexity index is 858. The van der Waals surface area contributed by atoms with E-state index in [0.29, 0.717) is 0 Å². The average molecular weight is 374 g/mol. The van der Waals surface area contributed by atoms with E-state index in [1.54, 1.807) is 6.92 Å². The van der Waals surface area contributed by atoms with Gasteiger partial charge in [-0.3, -0.25) is 0 Å². The number of rotatable bonds is 8. The highest BCUT2D eigenvalue weighted by Crippen LogP contribution is 2.31. The van der Waals surface area contributed by atoms with Gasteiger partial charge in [-0.25, -0.2) is 9.59 Å². The Morgan fingerprint density at radius 2 is 1.78 bits per heavy atom. The van der Waals surface area contributed by atoms with Gasteiger partial charge >= 0.3 is 17.9 Å². The summed E-state index contributed by atoms with van der Waals surface area (Å²) in [6, 6.07) is 5.60. The molecule has 1 aromatic carbocycles. The van der Waals surface area contributed by atoms with E-state index in [4.69, 9.17) is 18.9 Å². The van der Waals surface area contributed by atoms with Crippen molar-refractivity contribution in [1.82, 2.24) is 9.97 Å². The van der Waals surface area contributed by atoms with Crippen molar-refractivity contribution in [3.63, 3.8) is 0 Å². The van der Waals surface area contributed by atoms with Gasteiger partial charge in [0.1, 0.15) is 11.3 Å². The Kier molecular flexibility index (Phi) is 6.32. The number of hydrogen-bond donors (Lipinski definition) is 1. The molecule has 0 bridgehead atoms. The molecule has 1 N–H and O–H groups in total. The van der Waals surface area contributed by atoms with Crippen LogP contribution in [-0.4, -0.2) is 47.8 Å². The van der Waals surface area contributed by atoms with Crippen molar-refractivity contribution in [1.29, 1.82) is 0 Å². The molecule has 0 spiro atoms. The molecule has 0 aliphatic rings. The van der Waals surface area contributed by atoms with Crippen molar-refractivity contribution < 1.29 is 33.6 Å². The van der Waals surface area contributed by atoms with Gasteiger partial charge in [0.2, 0.25) is 11.8 Å². The summed E-state index contributed by atoms with van der Waals surface area (Å²) < 4.78 is 20.5. The van der Waals surface area contributed by atoms with Crippen LogP contribution in [0.5, 0.6) is 23.5 Å². The normalized spacial score (nSPS) is 10.0. The number of carboxylic acids is 1. The number of ether oxygens (including phenoxy) is 4. The summed E-state index contributed by atoms with van der Waals surface area (Å²) in [5.74, 6) is -1.79. The lowest BCUT2D eigenvalue weighted by atomic mass is 10.00. The molecule has 9 nitrogen and oxygen atoms in total. The number of aromatic carboxylic acids is 1. The lowest BCUT2D eigenvalue weighted by molar-refractivity contribution is -0.136. The number of esters is 1. The minimum atomic E-state index is -1.32. The van der Waals surface area contributed by atoms with Crippen molar-refractivity contribution in [2.75, 3.05) is 20.8 Å². The predicted octanol–water partition coefficient (Wildman–Crippen LogP) is 2.56. The maximum Gasteiger partial charge on any atom is 0.340 e. The first-order valence-electron chi connectivity index (χ1n) is 7.78. The number of carbonyl (C=O) groups excluding carboxylic acids is 1. The molecule has 0 aliphatic heterocycles. The lowest BCUT2D eigenvalue weighted by Crippen LogP contribution is -2.11.